The number of nitrogens with zero attached hydrogens (tertiary/aromatic N) is 2. The zero-order chi connectivity index (χ0) is 25.8. The largest absolute Gasteiger partial charge is 0.437 e. The molecule has 3 heteroatoms. The van der Waals surface area contributed by atoms with Gasteiger partial charge >= 0.3 is 0 Å². The Bertz CT molecular complexity index is 1600. The Labute approximate surface area is 195 Å². The van der Waals surface area contributed by atoms with Crippen LogP contribution in [0.3, 0.4) is 0 Å². The second-order valence-corrected chi connectivity index (χ2v) is 8.61. The van der Waals surface area contributed by atoms with Gasteiger partial charge in [-0.3, -0.25) is 0 Å². The van der Waals surface area contributed by atoms with Crippen molar-refractivity contribution in [1.29, 1.82) is 0 Å². The Morgan fingerprint density at radius 3 is 2.47 bits per heavy atom. The van der Waals surface area contributed by atoms with Gasteiger partial charge in [0.2, 0.25) is 11.4 Å². The molecule has 0 saturated heterocycles. The number of hydrogen-bond donors (Lipinski definition) is 0. The van der Waals surface area contributed by atoms with Crippen LogP contribution in [-0.4, -0.2) is 4.98 Å². The fraction of sp³-hybridized carbons (Fsp3) is 0.241. The molecule has 3 nitrogen and oxygen atoms in total. The van der Waals surface area contributed by atoms with Crippen molar-refractivity contribution >= 4 is 22.1 Å². The van der Waals surface area contributed by atoms with Crippen LogP contribution in [0.25, 0.3) is 44.5 Å². The first-order valence-corrected chi connectivity index (χ1v) is 10.8. The summed E-state index contributed by atoms with van der Waals surface area (Å²) in [5, 5.41) is 2.06. The minimum absolute atomic E-state index is 0.172. The van der Waals surface area contributed by atoms with Crippen molar-refractivity contribution in [3.63, 3.8) is 0 Å². The van der Waals surface area contributed by atoms with Crippen LogP contribution < -0.4 is 4.57 Å². The number of aryl methyl sites for hydroxylation is 3. The minimum atomic E-state index is -2.33. The van der Waals surface area contributed by atoms with Crippen molar-refractivity contribution in [3.05, 3.63) is 83.7 Å². The molecule has 0 bridgehead atoms. The number of furan rings is 1. The van der Waals surface area contributed by atoms with E-state index in [9.17, 15) is 0 Å². The van der Waals surface area contributed by atoms with Gasteiger partial charge in [-0.25, -0.2) is 9.55 Å². The number of pyridine rings is 2. The van der Waals surface area contributed by atoms with Gasteiger partial charge in [-0.1, -0.05) is 50.2 Å². The molecule has 1 unspecified atom stereocenters. The summed E-state index contributed by atoms with van der Waals surface area (Å²) < 4.78 is 39.4. The lowest BCUT2D eigenvalue weighted by Crippen LogP contribution is -2.31. The molecule has 5 aromatic rings. The van der Waals surface area contributed by atoms with Crippen LogP contribution in [-0.2, 0) is 13.5 Å². The van der Waals surface area contributed by atoms with Crippen molar-refractivity contribution in [2.45, 2.75) is 34.0 Å². The molecule has 3 aromatic heterocycles. The first-order chi connectivity index (χ1) is 16.9. The van der Waals surface area contributed by atoms with Crippen molar-refractivity contribution in [1.82, 2.24) is 4.98 Å². The average molecular weight is 426 g/mol. The fourth-order valence-electron chi connectivity index (χ4n) is 4.39. The van der Waals surface area contributed by atoms with Gasteiger partial charge in [0.05, 0.1) is 5.56 Å². The SMILES string of the molecule is [2H]C([2H])([2H])C([2H])(C)Cc1ccc(-c2ccc(-c3c(C)ccc4c3oc3nc(C)ccc34)[n+](C)c2)cc1. The summed E-state index contributed by atoms with van der Waals surface area (Å²) in [5.41, 5.74) is 8.53. The normalized spacial score (nSPS) is 15.8. The topological polar surface area (TPSA) is 29.9 Å². The van der Waals surface area contributed by atoms with Crippen LogP contribution in [0.4, 0.5) is 0 Å². The third-order valence-electron chi connectivity index (χ3n) is 6.00. The van der Waals surface area contributed by atoms with E-state index < -0.39 is 12.7 Å². The molecule has 3 heterocycles. The quantitative estimate of drug-likeness (QED) is 0.291. The zero-order valence-corrected chi connectivity index (χ0v) is 18.9. The van der Waals surface area contributed by atoms with E-state index in [4.69, 9.17) is 9.90 Å². The highest BCUT2D eigenvalue weighted by Gasteiger charge is 2.21. The van der Waals surface area contributed by atoms with Gasteiger partial charge in [0.15, 0.2) is 11.8 Å². The number of aromatic nitrogens is 2. The van der Waals surface area contributed by atoms with E-state index in [1.54, 1.807) is 0 Å². The molecular weight excluding hydrogens is 392 g/mol. The standard InChI is InChI=1S/C29H29N2O/c1-18(2)16-21-8-10-22(11-9-21)23-12-15-26(31(5)17-23)27-19(3)6-13-24-25-14-7-20(4)30-29(25)32-28(24)27/h6-15,17-18H,16H2,1-5H3/q+1/i1D3,18D. The summed E-state index contributed by atoms with van der Waals surface area (Å²) in [6.07, 6.45) is 2.26. The average Bonchev–Trinajstić information content (AvgIpc) is 3.16. The Morgan fingerprint density at radius 2 is 1.72 bits per heavy atom. The molecule has 0 spiro atoms. The molecule has 0 aliphatic rings. The first kappa shape index (κ1) is 16.2. The first-order valence-electron chi connectivity index (χ1n) is 12.8. The molecule has 32 heavy (non-hydrogen) atoms. The molecule has 0 amide bonds. The molecule has 0 aliphatic heterocycles. The maximum Gasteiger partial charge on any atom is 0.227 e. The third kappa shape index (κ3) is 3.58. The molecule has 160 valence electrons. The Balaban J connectivity index is 1.51. The molecule has 5 rings (SSSR count). The zero-order valence-electron chi connectivity index (χ0n) is 22.9. The van der Waals surface area contributed by atoms with E-state index in [1.807, 2.05) is 44.3 Å². The molecule has 0 saturated carbocycles. The highest BCUT2D eigenvalue weighted by atomic mass is 16.3. The van der Waals surface area contributed by atoms with Crippen molar-refractivity contribution in [2.75, 3.05) is 0 Å². The maximum absolute atomic E-state index is 8.21. The van der Waals surface area contributed by atoms with Gasteiger partial charge in [-0.2, -0.15) is 0 Å². The maximum atomic E-state index is 8.21. The number of benzene rings is 2. The second kappa shape index (κ2) is 7.90. The van der Waals surface area contributed by atoms with Crippen LogP contribution in [0, 0.1) is 19.7 Å². The van der Waals surface area contributed by atoms with E-state index in [-0.39, 0.29) is 6.42 Å². The van der Waals surface area contributed by atoms with Gasteiger partial charge in [0.25, 0.3) is 0 Å². The third-order valence-corrected chi connectivity index (χ3v) is 6.00. The minimum Gasteiger partial charge on any atom is -0.437 e. The fourth-order valence-corrected chi connectivity index (χ4v) is 4.39. The van der Waals surface area contributed by atoms with Gasteiger partial charge in [0.1, 0.15) is 7.05 Å². The van der Waals surface area contributed by atoms with Crippen molar-refractivity contribution in [3.8, 4) is 22.4 Å². The number of fused-ring (bicyclic) bond motifs is 3. The molecule has 1 atom stereocenters. The van der Waals surface area contributed by atoms with Crippen LogP contribution in [0.15, 0.2) is 71.3 Å². The Kier molecular flexibility index (Phi) is 4.00. The second-order valence-electron chi connectivity index (χ2n) is 8.61. The highest BCUT2D eigenvalue weighted by Crippen LogP contribution is 2.36. The Hall–Kier alpha value is -3.46. The van der Waals surface area contributed by atoms with Crippen LogP contribution in [0.5, 0.6) is 0 Å². The molecule has 0 N–H and O–H groups in total. The van der Waals surface area contributed by atoms with Gasteiger partial charge < -0.3 is 4.42 Å². The summed E-state index contributed by atoms with van der Waals surface area (Å²) in [6, 6.07) is 20.3. The molecule has 0 aliphatic carbocycles. The summed E-state index contributed by atoms with van der Waals surface area (Å²) in [4.78, 5) is 4.58. The number of rotatable bonds is 4. The summed E-state index contributed by atoms with van der Waals surface area (Å²) >= 11 is 0. The predicted molar refractivity (Wildman–Crippen MR) is 132 cm³/mol. The smallest absolute Gasteiger partial charge is 0.227 e. The van der Waals surface area contributed by atoms with E-state index in [0.29, 0.717) is 5.71 Å². The lowest BCUT2D eigenvalue weighted by molar-refractivity contribution is -0.659. The Morgan fingerprint density at radius 1 is 0.969 bits per heavy atom. The van der Waals surface area contributed by atoms with E-state index in [0.717, 1.165) is 55.6 Å². The van der Waals surface area contributed by atoms with Crippen LogP contribution >= 0.6 is 0 Å². The molecule has 0 radical (unpaired) electrons. The molecule has 0 fully saturated rings. The van der Waals surface area contributed by atoms with Crippen LogP contribution in [0.2, 0.25) is 0 Å². The van der Waals surface area contributed by atoms with E-state index >= 15 is 0 Å². The summed E-state index contributed by atoms with van der Waals surface area (Å²) in [5.74, 6) is -1.52. The summed E-state index contributed by atoms with van der Waals surface area (Å²) in [7, 11) is 2.03. The van der Waals surface area contributed by atoms with Crippen molar-refractivity contribution in [2.24, 2.45) is 12.9 Å². The monoisotopic (exact) mass is 425 g/mol. The van der Waals surface area contributed by atoms with Crippen molar-refractivity contribution < 1.29 is 14.5 Å². The number of hydrogen-bond acceptors (Lipinski definition) is 2. The van der Waals surface area contributed by atoms with Crippen LogP contribution in [0.1, 0.15) is 36.1 Å². The predicted octanol–water partition coefficient (Wildman–Crippen LogP) is 6.95. The van der Waals surface area contributed by atoms with Gasteiger partial charge in [-0.15, -0.1) is 0 Å². The molecular formula is C29H29N2O+. The van der Waals surface area contributed by atoms with E-state index in [1.165, 1.54) is 6.92 Å². The van der Waals surface area contributed by atoms with Gasteiger partial charge in [0, 0.05) is 33.6 Å². The summed E-state index contributed by atoms with van der Waals surface area (Å²) in [6.45, 7) is 3.19. The van der Waals surface area contributed by atoms with Gasteiger partial charge in [-0.05, 0) is 61.1 Å². The lowest BCUT2D eigenvalue weighted by atomic mass is 9.98. The van der Waals surface area contributed by atoms with E-state index in [2.05, 4.69) is 53.0 Å². The highest BCUT2D eigenvalue weighted by molar-refractivity contribution is 6.08. The molecule has 2 aromatic carbocycles. The lowest BCUT2D eigenvalue weighted by Gasteiger charge is -2.08.